The molecule has 0 aliphatic carbocycles. The van der Waals surface area contributed by atoms with Crippen LogP contribution in [0.25, 0.3) is 0 Å². The first-order valence-electron chi connectivity index (χ1n) is 3.70. The van der Waals surface area contributed by atoms with Crippen molar-refractivity contribution in [2.24, 2.45) is 5.41 Å². The molecule has 1 unspecified atom stereocenters. The van der Waals surface area contributed by atoms with Crippen molar-refractivity contribution in [3.05, 3.63) is 0 Å². The van der Waals surface area contributed by atoms with Crippen LogP contribution in [-0.2, 0) is 0 Å². The van der Waals surface area contributed by atoms with E-state index in [9.17, 15) is 0 Å². The predicted octanol–water partition coefficient (Wildman–Crippen LogP) is 2.65. The van der Waals surface area contributed by atoms with Crippen molar-refractivity contribution >= 4 is 23.4 Å². The van der Waals surface area contributed by atoms with E-state index in [0.29, 0.717) is 0 Å². The second kappa shape index (κ2) is 2.88. The second-order valence-electron chi connectivity index (χ2n) is 3.60. The molecule has 0 amide bonds. The van der Waals surface area contributed by atoms with Crippen LogP contribution in [0.3, 0.4) is 0 Å². The van der Waals surface area contributed by atoms with Crippen LogP contribution in [0.2, 0.25) is 0 Å². The molecule has 0 aromatic carbocycles. The third-order valence-corrected chi connectivity index (χ3v) is 4.44. The van der Waals surface area contributed by atoms with Crippen LogP contribution in [-0.4, -0.2) is 16.4 Å². The van der Waals surface area contributed by atoms with Gasteiger partial charge < -0.3 is 0 Å². The number of halogens is 1. The normalized spacial score (nSPS) is 36.2. The van der Waals surface area contributed by atoms with Gasteiger partial charge in [-0.3, -0.25) is 0 Å². The summed E-state index contributed by atoms with van der Waals surface area (Å²) in [6.07, 6.45) is 1.04. The molecule has 3 heteroatoms. The summed E-state index contributed by atoms with van der Waals surface area (Å²) >= 11 is 7.94. The number of thioether (sulfide) groups is 1. The minimum absolute atomic E-state index is 0.0332. The molecular weight excluding hydrogens is 178 g/mol. The molecule has 0 radical (unpaired) electrons. The topological polar surface area (TPSA) is 23.8 Å². The number of nitrogens with zero attached hydrogens (tertiary/aromatic N) is 1. The Bertz CT molecular complexity index is 197. The highest BCUT2D eigenvalue weighted by Crippen LogP contribution is 2.46. The molecule has 1 fully saturated rings. The third-order valence-electron chi connectivity index (χ3n) is 2.42. The lowest BCUT2D eigenvalue weighted by molar-refractivity contribution is 0.294. The van der Waals surface area contributed by atoms with Crippen LogP contribution in [0.4, 0.5) is 0 Å². The van der Waals surface area contributed by atoms with Gasteiger partial charge in [-0.2, -0.15) is 17.0 Å². The first-order chi connectivity index (χ1) is 5.02. The highest BCUT2D eigenvalue weighted by molar-refractivity contribution is 7.99. The Balaban J connectivity index is 2.85. The maximum absolute atomic E-state index is 8.89. The molecule has 0 aromatic rings. The van der Waals surface area contributed by atoms with E-state index in [1.165, 1.54) is 0 Å². The SMILES string of the molecule is CC1(C)CCSCC1(Cl)C#N. The van der Waals surface area contributed by atoms with Crippen molar-refractivity contribution in [2.45, 2.75) is 25.1 Å². The van der Waals surface area contributed by atoms with Crippen LogP contribution in [0.1, 0.15) is 20.3 Å². The van der Waals surface area contributed by atoms with E-state index in [2.05, 4.69) is 19.9 Å². The molecule has 1 nitrogen and oxygen atoms in total. The van der Waals surface area contributed by atoms with Gasteiger partial charge in [0.05, 0.1) is 6.07 Å². The Morgan fingerprint density at radius 3 is 2.55 bits per heavy atom. The minimum Gasteiger partial charge on any atom is -0.196 e. The van der Waals surface area contributed by atoms with E-state index in [4.69, 9.17) is 16.9 Å². The van der Waals surface area contributed by atoms with Gasteiger partial charge in [-0.1, -0.05) is 13.8 Å². The Labute approximate surface area is 77.1 Å². The lowest BCUT2D eigenvalue weighted by Crippen LogP contribution is -2.43. The van der Waals surface area contributed by atoms with E-state index in [1.807, 2.05) is 0 Å². The average molecular weight is 190 g/mol. The van der Waals surface area contributed by atoms with Gasteiger partial charge in [0.15, 0.2) is 0 Å². The fourth-order valence-corrected chi connectivity index (χ4v) is 2.98. The molecule has 1 aliphatic heterocycles. The predicted molar refractivity (Wildman–Crippen MR) is 49.9 cm³/mol. The first-order valence-corrected chi connectivity index (χ1v) is 5.23. The van der Waals surface area contributed by atoms with Crippen LogP contribution < -0.4 is 0 Å². The summed E-state index contributed by atoms with van der Waals surface area (Å²) in [7, 11) is 0. The molecular formula is C8H12ClNS. The molecule has 0 aromatic heterocycles. The highest BCUT2D eigenvalue weighted by Gasteiger charge is 2.46. The maximum Gasteiger partial charge on any atom is 0.145 e. The fourth-order valence-electron chi connectivity index (χ4n) is 1.12. The first kappa shape index (κ1) is 9.22. The van der Waals surface area contributed by atoms with Crippen LogP contribution >= 0.6 is 23.4 Å². The third kappa shape index (κ3) is 1.50. The number of rotatable bonds is 0. The van der Waals surface area contributed by atoms with Gasteiger partial charge in [-0.25, -0.2) is 0 Å². The molecule has 0 N–H and O–H groups in total. The zero-order valence-corrected chi connectivity index (χ0v) is 8.43. The zero-order valence-electron chi connectivity index (χ0n) is 6.85. The van der Waals surface area contributed by atoms with Gasteiger partial charge in [0.25, 0.3) is 0 Å². The molecule has 1 saturated heterocycles. The molecule has 1 rings (SSSR count). The molecule has 0 bridgehead atoms. The second-order valence-corrected chi connectivity index (χ2v) is 5.35. The van der Waals surface area contributed by atoms with Gasteiger partial charge in [0, 0.05) is 5.75 Å². The molecule has 1 atom stereocenters. The molecule has 1 heterocycles. The van der Waals surface area contributed by atoms with Gasteiger partial charge in [-0.05, 0) is 17.6 Å². The summed E-state index contributed by atoms with van der Waals surface area (Å²) in [4.78, 5) is -0.643. The minimum atomic E-state index is -0.643. The van der Waals surface area contributed by atoms with E-state index in [0.717, 1.165) is 17.9 Å². The Kier molecular flexibility index (Phi) is 2.41. The Morgan fingerprint density at radius 2 is 2.18 bits per heavy atom. The maximum atomic E-state index is 8.89. The summed E-state index contributed by atoms with van der Waals surface area (Å²) in [6.45, 7) is 4.14. The standard InChI is InChI=1S/C8H12ClNS/c1-7(2)3-4-11-6-8(7,9)5-10/h3-4,6H2,1-2H3. The average Bonchev–Trinajstić information content (AvgIpc) is 1.95. The van der Waals surface area contributed by atoms with Gasteiger partial charge in [-0.15, -0.1) is 11.6 Å². The summed E-state index contributed by atoms with van der Waals surface area (Å²) in [5, 5.41) is 8.89. The molecule has 1 aliphatic rings. The van der Waals surface area contributed by atoms with Crippen LogP contribution in [0.15, 0.2) is 0 Å². The highest BCUT2D eigenvalue weighted by atomic mass is 35.5. The quantitative estimate of drug-likeness (QED) is 0.547. The number of hydrogen-bond acceptors (Lipinski definition) is 2. The summed E-state index contributed by atoms with van der Waals surface area (Å²) in [5.41, 5.74) is -0.0332. The molecule has 0 saturated carbocycles. The van der Waals surface area contributed by atoms with Crippen molar-refractivity contribution in [2.75, 3.05) is 11.5 Å². The smallest absolute Gasteiger partial charge is 0.145 e. The summed E-state index contributed by atoms with van der Waals surface area (Å²) in [6, 6.07) is 2.22. The van der Waals surface area contributed by atoms with Gasteiger partial charge >= 0.3 is 0 Å². The molecule has 0 spiro atoms. The van der Waals surface area contributed by atoms with E-state index < -0.39 is 4.87 Å². The Morgan fingerprint density at radius 1 is 1.55 bits per heavy atom. The summed E-state index contributed by atoms with van der Waals surface area (Å²) < 4.78 is 0. The van der Waals surface area contributed by atoms with E-state index >= 15 is 0 Å². The molecule has 11 heavy (non-hydrogen) atoms. The van der Waals surface area contributed by atoms with Crippen molar-refractivity contribution in [3.63, 3.8) is 0 Å². The number of nitriles is 1. The van der Waals surface area contributed by atoms with E-state index in [-0.39, 0.29) is 5.41 Å². The summed E-state index contributed by atoms with van der Waals surface area (Å²) in [5.74, 6) is 1.89. The lowest BCUT2D eigenvalue weighted by atomic mass is 9.77. The largest absolute Gasteiger partial charge is 0.196 e. The van der Waals surface area contributed by atoms with Gasteiger partial charge in [0.1, 0.15) is 4.87 Å². The number of alkyl halides is 1. The molecule has 62 valence electrons. The van der Waals surface area contributed by atoms with Crippen molar-refractivity contribution < 1.29 is 0 Å². The van der Waals surface area contributed by atoms with Crippen LogP contribution in [0, 0.1) is 16.7 Å². The van der Waals surface area contributed by atoms with Gasteiger partial charge in [0.2, 0.25) is 0 Å². The van der Waals surface area contributed by atoms with E-state index in [1.54, 1.807) is 11.8 Å². The number of hydrogen-bond donors (Lipinski definition) is 0. The Hall–Kier alpha value is 0.130. The monoisotopic (exact) mass is 189 g/mol. The lowest BCUT2D eigenvalue weighted by Gasteiger charge is -2.40. The zero-order chi connectivity index (χ0) is 8.54. The fraction of sp³-hybridized carbons (Fsp3) is 0.875. The van der Waals surface area contributed by atoms with Crippen LogP contribution in [0.5, 0.6) is 0 Å². The van der Waals surface area contributed by atoms with Crippen molar-refractivity contribution in [1.82, 2.24) is 0 Å². The van der Waals surface area contributed by atoms with Crippen molar-refractivity contribution in [3.8, 4) is 6.07 Å². The van der Waals surface area contributed by atoms with Crippen molar-refractivity contribution in [1.29, 1.82) is 5.26 Å².